The quantitative estimate of drug-likeness (QED) is 0.512. The van der Waals surface area contributed by atoms with Crippen molar-refractivity contribution in [1.29, 1.82) is 0 Å². The van der Waals surface area contributed by atoms with Crippen LogP contribution in [0.2, 0.25) is 0 Å². The molecule has 0 atom stereocenters. The summed E-state index contributed by atoms with van der Waals surface area (Å²) >= 11 is 0. The highest BCUT2D eigenvalue weighted by atomic mass is 16.5. The van der Waals surface area contributed by atoms with Crippen molar-refractivity contribution in [3.63, 3.8) is 0 Å². The summed E-state index contributed by atoms with van der Waals surface area (Å²) in [6.45, 7) is 4.46. The van der Waals surface area contributed by atoms with Crippen LogP contribution in [-0.2, 0) is 11.3 Å². The third kappa shape index (κ3) is 3.11. The van der Waals surface area contributed by atoms with E-state index in [4.69, 9.17) is 10.5 Å². The number of rotatable bonds is 5. The molecule has 0 fully saturated rings. The summed E-state index contributed by atoms with van der Waals surface area (Å²) in [6, 6.07) is 6.77. The van der Waals surface area contributed by atoms with Gasteiger partial charge in [0.2, 0.25) is 11.5 Å². The predicted molar refractivity (Wildman–Crippen MR) is 98.1 cm³/mol. The Labute approximate surface area is 150 Å². The van der Waals surface area contributed by atoms with Crippen molar-refractivity contribution in [3.05, 3.63) is 46.4 Å². The predicted octanol–water partition coefficient (Wildman–Crippen LogP) is 0.502. The van der Waals surface area contributed by atoms with E-state index in [2.05, 4.69) is 10.3 Å². The molecule has 3 aromatic rings. The molecule has 0 spiro atoms. The number of methoxy groups -OCH3 is 1. The maximum atomic E-state index is 12.9. The molecule has 3 N–H and O–H groups in total. The lowest BCUT2D eigenvalue weighted by atomic mass is 10.1. The molecule has 0 aromatic carbocycles. The second-order valence-electron chi connectivity index (χ2n) is 6.30. The Morgan fingerprint density at radius 2 is 2.19 bits per heavy atom. The highest BCUT2D eigenvalue weighted by Crippen LogP contribution is 2.14. The minimum atomic E-state index is -0.330. The van der Waals surface area contributed by atoms with Gasteiger partial charge < -0.3 is 15.8 Å². The Hall–Kier alpha value is -3.00. The maximum absolute atomic E-state index is 12.9. The molecular formula is C18H22N5O3+. The standard InChI is InChI=1S/C18H21N5O3/c1-11(2)20-17(24)12-10-13-16(23(15(12)19)8-9-26-3)21-14-6-4-5-7-22(14)18(13)25/h4-7,10-11,19H,8-9H2,1-3H3,(H,20,24)/p+1. The molecule has 0 aliphatic rings. The van der Waals surface area contributed by atoms with E-state index < -0.39 is 0 Å². The minimum absolute atomic E-state index is 0.0548. The fourth-order valence-electron chi connectivity index (χ4n) is 2.83. The number of carbonyl (C=O) groups excluding carboxylic acids is 1. The zero-order valence-electron chi connectivity index (χ0n) is 15.0. The zero-order valence-corrected chi connectivity index (χ0v) is 15.0. The Morgan fingerprint density at radius 3 is 2.88 bits per heavy atom. The van der Waals surface area contributed by atoms with E-state index in [9.17, 15) is 9.59 Å². The van der Waals surface area contributed by atoms with Crippen LogP contribution in [0.3, 0.4) is 0 Å². The molecule has 0 aliphatic carbocycles. The lowest BCUT2D eigenvalue weighted by molar-refractivity contribution is -0.660. The number of nitrogens with two attached hydrogens (primary N) is 1. The van der Waals surface area contributed by atoms with E-state index in [-0.39, 0.29) is 28.9 Å². The van der Waals surface area contributed by atoms with Gasteiger partial charge in [-0.15, -0.1) is 0 Å². The molecular weight excluding hydrogens is 334 g/mol. The SMILES string of the molecule is COCC[n+]1c(N)c(C(=O)NC(C)C)cc2c(=O)n3ccccc3nc21. The van der Waals surface area contributed by atoms with E-state index in [0.717, 1.165) is 0 Å². The highest BCUT2D eigenvalue weighted by Gasteiger charge is 2.24. The molecule has 26 heavy (non-hydrogen) atoms. The van der Waals surface area contributed by atoms with Crippen LogP contribution in [0.5, 0.6) is 0 Å². The molecule has 3 aromatic heterocycles. The van der Waals surface area contributed by atoms with Gasteiger partial charge in [0, 0.05) is 19.3 Å². The third-order valence-electron chi connectivity index (χ3n) is 4.04. The van der Waals surface area contributed by atoms with Gasteiger partial charge in [-0.3, -0.25) is 14.0 Å². The maximum Gasteiger partial charge on any atom is 0.278 e. The Kier molecular flexibility index (Phi) is 4.85. The van der Waals surface area contributed by atoms with Gasteiger partial charge in [-0.1, -0.05) is 11.1 Å². The number of pyridine rings is 2. The molecule has 0 saturated carbocycles. The van der Waals surface area contributed by atoms with Gasteiger partial charge >= 0.3 is 0 Å². The summed E-state index contributed by atoms with van der Waals surface area (Å²) in [7, 11) is 1.58. The van der Waals surface area contributed by atoms with Crippen LogP contribution in [0.15, 0.2) is 35.3 Å². The molecule has 8 heteroatoms. The van der Waals surface area contributed by atoms with E-state index in [1.165, 1.54) is 10.5 Å². The van der Waals surface area contributed by atoms with Crippen LogP contribution in [-0.4, -0.2) is 35.1 Å². The monoisotopic (exact) mass is 356 g/mol. The number of fused-ring (bicyclic) bond motifs is 2. The second-order valence-corrected chi connectivity index (χ2v) is 6.30. The van der Waals surface area contributed by atoms with Crippen molar-refractivity contribution < 1.29 is 14.1 Å². The summed E-state index contributed by atoms with van der Waals surface area (Å²) in [6.07, 6.45) is 1.65. The van der Waals surface area contributed by atoms with Crippen molar-refractivity contribution in [3.8, 4) is 0 Å². The van der Waals surface area contributed by atoms with Gasteiger partial charge in [0.05, 0.1) is 13.2 Å². The number of aromatic nitrogens is 3. The first kappa shape index (κ1) is 17.8. The molecule has 3 rings (SSSR count). The van der Waals surface area contributed by atoms with Gasteiger partial charge in [0.25, 0.3) is 17.1 Å². The van der Waals surface area contributed by atoms with Crippen LogP contribution in [0.1, 0.15) is 24.2 Å². The average molecular weight is 356 g/mol. The van der Waals surface area contributed by atoms with Crippen molar-refractivity contribution >= 4 is 28.4 Å². The average Bonchev–Trinajstić information content (AvgIpc) is 2.60. The number of amides is 1. The first-order chi connectivity index (χ1) is 12.4. The Bertz CT molecular complexity index is 1040. The van der Waals surface area contributed by atoms with Crippen LogP contribution < -0.4 is 21.2 Å². The lowest BCUT2D eigenvalue weighted by Crippen LogP contribution is -2.44. The van der Waals surface area contributed by atoms with Crippen molar-refractivity contribution in [1.82, 2.24) is 14.7 Å². The first-order valence-electron chi connectivity index (χ1n) is 8.37. The topological polar surface area (TPSA) is 103 Å². The van der Waals surface area contributed by atoms with E-state index in [0.29, 0.717) is 29.8 Å². The number of nitrogens with one attached hydrogen (secondary N) is 1. The Morgan fingerprint density at radius 1 is 1.42 bits per heavy atom. The molecule has 136 valence electrons. The smallest absolute Gasteiger partial charge is 0.278 e. The van der Waals surface area contributed by atoms with Crippen LogP contribution >= 0.6 is 0 Å². The highest BCUT2D eigenvalue weighted by molar-refractivity contribution is 6.00. The molecule has 0 bridgehead atoms. The lowest BCUT2D eigenvalue weighted by Gasteiger charge is -2.13. The number of hydrogen-bond acceptors (Lipinski definition) is 5. The van der Waals surface area contributed by atoms with E-state index >= 15 is 0 Å². The summed E-state index contributed by atoms with van der Waals surface area (Å²) in [5.74, 6) is -0.0805. The molecule has 0 saturated heterocycles. The number of nitrogen functional groups attached to an aromatic ring is 1. The van der Waals surface area contributed by atoms with Gasteiger partial charge in [-0.05, 0) is 32.0 Å². The summed E-state index contributed by atoms with van der Waals surface area (Å²) in [4.78, 5) is 30.1. The van der Waals surface area contributed by atoms with Gasteiger partial charge in [-0.2, -0.15) is 0 Å². The fraction of sp³-hybridized carbons (Fsp3) is 0.333. The summed E-state index contributed by atoms with van der Waals surface area (Å²) in [5.41, 5.74) is 7.19. The van der Waals surface area contributed by atoms with E-state index in [1.54, 1.807) is 36.1 Å². The van der Waals surface area contributed by atoms with Gasteiger partial charge in [0.1, 0.15) is 10.9 Å². The molecule has 0 radical (unpaired) electrons. The number of hydrogen-bond donors (Lipinski definition) is 2. The van der Waals surface area contributed by atoms with Crippen molar-refractivity contribution in [2.45, 2.75) is 26.4 Å². The van der Waals surface area contributed by atoms with E-state index in [1.807, 2.05) is 13.8 Å². The molecule has 8 nitrogen and oxygen atoms in total. The fourth-order valence-corrected chi connectivity index (χ4v) is 2.83. The second kappa shape index (κ2) is 7.09. The largest absolute Gasteiger partial charge is 0.381 e. The zero-order chi connectivity index (χ0) is 18.8. The number of carbonyl (C=O) groups is 1. The summed E-state index contributed by atoms with van der Waals surface area (Å²) in [5, 5.41) is 3.14. The molecule has 1 amide bonds. The van der Waals surface area contributed by atoms with Gasteiger partial charge in [-0.25, -0.2) is 4.57 Å². The normalized spacial score (nSPS) is 11.4. The van der Waals surface area contributed by atoms with Crippen molar-refractivity contribution in [2.75, 3.05) is 19.5 Å². The molecule has 3 heterocycles. The van der Waals surface area contributed by atoms with Crippen LogP contribution in [0, 0.1) is 0 Å². The third-order valence-corrected chi connectivity index (χ3v) is 4.04. The molecule has 0 unspecified atom stereocenters. The summed E-state index contributed by atoms with van der Waals surface area (Å²) < 4.78 is 8.25. The number of ether oxygens (including phenoxy) is 1. The number of nitrogens with zero attached hydrogens (tertiary/aromatic N) is 3. The first-order valence-corrected chi connectivity index (χ1v) is 8.37. The molecule has 0 aliphatic heterocycles. The van der Waals surface area contributed by atoms with Crippen LogP contribution in [0.25, 0.3) is 16.7 Å². The Balaban J connectivity index is 2.35. The van der Waals surface area contributed by atoms with Crippen LogP contribution in [0.4, 0.5) is 5.82 Å². The minimum Gasteiger partial charge on any atom is -0.381 e. The number of anilines is 1. The van der Waals surface area contributed by atoms with Gasteiger partial charge in [0.15, 0.2) is 0 Å². The van der Waals surface area contributed by atoms with Crippen molar-refractivity contribution in [2.24, 2.45) is 0 Å².